The van der Waals surface area contributed by atoms with Crippen LogP contribution in [0.15, 0.2) is 24.3 Å². The van der Waals surface area contributed by atoms with Crippen LogP contribution in [0.5, 0.6) is 0 Å². The second-order valence-electron chi connectivity index (χ2n) is 5.06. The van der Waals surface area contributed by atoms with Crippen LogP contribution in [-0.2, 0) is 11.2 Å². The van der Waals surface area contributed by atoms with Crippen molar-refractivity contribution in [1.29, 1.82) is 0 Å². The minimum Gasteiger partial charge on any atom is -0.480 e. The molecular formula is C14H19NO2. The number of fused-ring (bicyclic) bond motifs is 1. The second kappa shape index (κ2) is 4.78. The minimum absolute atomic E-state index is 0.383. The highest BCUT2D eigenvalue weighted by Crippen LogP contribution is 2.32. The number of para-hydroxylation sites is 1. The van der Waals surface area contributed by atoms with Gasteiger partial charge in [-0.2, -0.15) is 0 Å². The molecule has 1 heterocycles. The Hall–Kier alpha value is -1.51. The fourth-order valence-electron chi connectivity index (χ4n) is 2.34. The lowest BCUT2D eigenvalue weighted by molar-refractivity contribution is -0.138. The highest BCUT2D eigenvalue weighted by atomic mass is 16.4. The third kappa shape index (κ3) is 2.43. The van der Waals surface area contributed by atoms with Crippen molar-refractivity contribution in [3.63, 3.8) is 0 Å². The van der Waals surface area contributed by atoms with Crippen LogP contribution in [0.3, 0.4) is 0 Å². The SMILES string of the molecule is CC(C)CCN1c2ccccc2CC1C(=O)O. The molecule has 1 aromatic rings. The molecule has 1 aromatic carbocycles. The summed E-state index contributed by atoms with van der Waals surface area (Å²) in [6, 6.07) is 7.63. The number of nitrogens with zero attached hydrogens (tertiary/aromatic N) is 1. The van der Waals surface area contributed by atoms with E-state index in [2.05, 4.69) is 13.8 Å². The average molecular weight is 233 g/mol. The summed E-state index contributed by atoms with van der Waals surface area (Å²) < 4.78 is 0. The maximum Gasteiger partial charge on any atom is 0.326 e. The van der Waals surface area contributed by atoms with Gasteiger partial charge in [-0.15, -0.1) is 0 Å². The van der Waals surface area contributed by atoms with Gasteiger partial charge in [0.15, 0.2) is 0 Å². The van der Waals surface area contributed by atoms with Crippen molar-refractivity contribution in [2.45, 2.75) is 32.7 Å². The third-order valence-electron chi connectivity index (χ3n) is 3.32. The van der Waals surface area contributed by atoms with Crippen LogP contribution >= 0.6 is 0 Å². The molecule has 0 fully saturated rings. The topological polar surface area (TPSA) is 40.5 Å². The first-order valence-electron chi connectivity index (χ1n) is 6.17. The number of carboxylic acids is 1. The fourth-order valence-corrected chi connectivity index (χ4v) is 2.34. The summed E-state index contributed by atoms with van der Waals surface area (Å²) in [5.41, 5.74) is 2.25. The van der Waals surface area contributed by atoms with Crippen molar-refractivity contribution >= 4 is 11.7 Å². The highest BCUT2D eigenvalue weighted by molar-refractivity contribution is 5.82. The summed E-state index contributed by atoms with van der Waals surface area (Å²) >= 11 is 0. The number of anilines is 1. The first-order chi connectivity index (χ1) is 8.09. The minimum atomic E-state index is -0.718. The fraction of sp³-hybridized carbons (Fsp3) is 0.500. The van der Waals surface area contributed by atoms with Gasteiger partial charge in [0.1, 0.15) is 6.04 Å². The van der Waals surface area contributed by atoms with E-state index in [9.17, 15) is 9.90 Å². The summed E-state index contributed by atoms with van der Waals surface area (Å²) in [6.07, 6.45) is 1.65. The number of benzene rings is 1. The monoisotopic (exact) mass is 233 g/mol. The van der Waals surface area contributed by atoms with Gasteiger partial charge in [0.2, 0.25) is 0 Å². The Bertz CT molecular complexity index is 414. The van der Waals surface area contributed by atoms with Gasteiger partial charge in [-0.1, -0.05) is 32.0 Å². The predicted molar refractivity (Wildman–Crippen MR) is 68.4 cm³/mol. The lowest BCUT2D eigenvalue weighted by atomic mass is 10.1. The Kier molecular flexibility index (Phi) is 3.36. The number of aliphatic carboxylic acids is 1. The first kappa shape index (κ1) is 12.0. The molecule has 3 heteroatoms. The Labute approximate surface area is 102 Å². The average Bonchev–Trinajstić information content (AvgIpc) is 2.65. The van der Waals surface area contributed by atoms with Crippen LogP contribution in [0.1, 0.15) is 25.8 Å². The molecule has 3 nitrogen and oxygen atoms in total. The molecule has 0 saturated carbocycles. The van der Waals surface area contributed by atoms with E-state index in [1.54, 1.807) is 0 Å². The van der Waals surface area contributed by atoms with Crippen LogP contribution in [-0.4, -0.2) is 23.7 Å². The zero-order chi connectivity index (χ0) is 12.4. The molecule has 1 N–H and O–H groups in total. The van der Waals surface area contributed by atoms with Crippen molar-refractivity contribution in [3.8, 4) is 0 Å². The number of carboxylic acid groups (broad SMARTS) is 1. The molecule has 1 aliphatic rings. The van der Waals surface area contributed by atoms with E-state index in [-0.39, 0.29) is 6.04 Å². The molecule has 0 saturated heterocycles. The number of hydrogen-bond acceptors (Lipinski definition) is 2. The maximum atomic E-state index is 11.3. The van der Waals surface area contributed by atoms with Gasteiger partial charge in [-0.3, -0.25) is 0 Å². The molecule has 0 amide bonds. The number of hydrogen-bond donors (Lipinski definition) is 1. The van der Waals surface area contributed by atoms with E-state index >= 15 is 0 Å². The van der Waals surface area contributed by atoms with E-state index in [0.717, 1.165) is 24.2 Å². The second-order valence-corrected chi connectivity index (χ2v) is 5.06. The van der Waals surface area contributed by atoms with Gasteiger partial charge in [-0.25, -0.2) is 4.79 Å². The van der Waals surface area contributed by atoms with Gasteiger partial charge in [0.05, 0.1) is 0 Å². The van der Waals surface area contributed by atoms with Gasteiger partial charge >= 0.3 is 5.97 Å². The van der Waals surface area contributed by atoms with Crippen LogP contribution < -0.4 is 4.90 Å². The van der Waals surface area contributed by atoms with Crippen LogP contribution in [0, 0.1) is 5.92 Å². The molecule has 17 heavy (non-hydrogen) atoms. The lowest BCUT2D eigenvalue weighted by Crippen LogP contribution is -2.39. The standard InChI is InChI=1S/C14H19NO2/c1-10(2)7-8-15-12-6-4-3-5-11(12)9-13(15)14(16)17/h3-6,10,13H,7-9H2,1-2H3,(H,16,17). The van der Waals surface area contributed by atoms with Crippen molar-refractivity contribution in [3.05, 3.63) is 29.8 Å². The lowest BCUT2D eigenvalue weighted by Gasteiger charge is -2.25. The summed E-state index contributed by atoms with van der Waals surface area (Å²) in [5, 5.41) is 9.28. The smallest absolute Gasteiger partial charge is 0.326 e. The van der Waals surface area contributed by atoms with Crippen LogP contribution in [0.25, 0.3) is 0 Å². The number of carbonyl (C=O) groups is 1. The zero-order valence-electron chi connectivity index (χ0n) is 10.4. The third-order valence-corrected chi connectivity index (χ3v) is 3.32. The molecule has 0 aromatic heterocycles. The van der Waals surface area contributed by atoms with E-state index in [1.807, 2.05) is 29.2 Å². The van der Waals surface area contributed by atoms with Crippen molar-refractivity contribution in [1.82, 2.24) is 0 Å². The Morgan fingerprint density at radius 3 is 2.82 bits per heavy atom. The van der Waals surface area contributed by atoms with Crippen LogP contribution in [0.2, 0.25) is 0 Å². The molecule has 2 rings (SSSR count). The maximum absolute atomic E-state index is 11.3. The summed E-state index contributed by atoms with van der Waals surface area (Å²) in [4.78, 5) is 13.3. The highest BCUT2D eigenvalue weighted by Gasteiger charge is 2.33. The molecule has 0 spiro atoms. The molecule has 1 aliphatic heterocycles. The Balaban J connectivity index is 2.21. The van der Waals surface area contributed by atoms with Crippen LogP contribution in [0.4, 0.5) is 5.69 Å². The van der Waals surface area contributed by atoms with E-state index in [0.29, 0.717) is 12.3 Å². The summed E-state index contributed by atoms with van der Waals surface area (Å²) in [6.45, 7) is 5.15. The molecule has 0 radical (unpaired) electrons. The Morgan fingerprint density at radius 1 is 1.47 bits per heavy atom. The van der Waals surface area contributed by atoms with Crippen molar-refractivity contribution in [2.24, 2.45) is 5.92 Å². The largest absolute Gasteiger partial charge is 0.480 e. The van der Waals surface area contributed by atoms with E-state index in [1.165, 1.54) is 0 Å². The predicted octanol–water partition coefficient (Wildman–Crippen LogP) is 2.55. The molecular weight excluding hydrogens is 214 g/mol. The van der Waals surface area contributed by atoms with E-state index in [4.69, 9.17) is 0 Å². The molecule has 1 unspecified atom stereocenters. The van der Waals surface area contributed by atoms with Crippen molar-refractivity contribution < 1.29 is 9.90 Å². The normalized spacial score (nSPS) is 18.5. The van der Waals surface area contributed by atoms with Gasteiger partial charge in [0.25, 0.3) is 0 Å². The van der Waals surface area contributed by atoms with Crippen molar-refractivity contribution in [2.75, 3.05) is 11.4 Å². The van der Waals surface area contributed by atoms with Gasteiger partial charge in [0, 0.05) is 18.7 Å². The summed E-state index contributed by atoms with van der Waals surface area (Å²) in [5.74, 6) is -0.123. The molecule has 0 bridgehead atoms. The van der Waals surface area contributed by atoms with Gasteiger partial charge in [-0.05, 0) is 24.0 Å². The quantitative estimate of drug-likeness (QED) is 0.868. The first-order valence-corrected chi connectivity index (χ1v) is 6.17. The Morgan fingerprint density at radius 2 is 2.18 bits per heavy atom. The molecule has 1 atom stereocenters. The van der Waals surface area contributed by atoms with Gasteiger partial charge < -0.3 is 10.0 Å². The molecule has 92 valence electrons. The number of rotatable bonds is 4. The molecule has 0 aliphatic carbocycles. The van der Waals surface area contributed by atoms with E-state index < -0.39 is 5.97 Å². The summed E-state index contributed by atoms with van der Waals surface area (Å²) in [7, 11) is 0. The zero-order valence-corrected chi connectivity index (χ0v) is 10.4.